The van der Waals surface area contributed by atoms with Gasteiger partial charge in [0, 0.05) is 26.2 Å². The molecular weight excluding hydrogens is 188 g/mol. The third-order valence-electron chi connectivity index (χ3n) is 2.77. The predicted octanol–water partition coefficient (Wildman–Crippen LogP) is 2.81. The molecule has 1 saturated heterocycles. The number of rotatable bonds is 1. The Morgan fingerprint density at radius 2 is 1.93 bits per heavy atom. The smallest absolute Gasteiger partial charge is 0.319 e. The molecule has 1 aliphatic heterocycles. The molecule has 0 aliphatic carbocycles. The molecule has 0 aromatic heterocycles. The molecule has 0 N–H and O–H groups in total. The second-order valence-electron chi connectivity index (χ2n) is 4.33. The van der Waals surface area contributed by atoms with Gasteiger partial charge in [0.05, 0.1) is 0 Å². The lowest BCUT2D eigenvalue weighted by molar-refractivity contribution is 0.161. The van der Waals surface area contributed by atoms with E-state index in [-0.39, 0.29) is 6.03 Å². The first kappa shape index (κ1) is 14.3. The minimum Gasteiger partial charge on any atom is -0.325 e. The van der Waals surface area contributed by atoms with Gasteiger partial charge in [-0.25, -0.2) is 4.79 Å². The van der Waals surface area contributed by atoms with E-state index in [9.17, 15) is 4.79 Å². The largest absolute Gasteiger partial charge is 0.325 e. The Hall–Kier alpha value is -0.730. The number of likely N-dealkylation sites (tertiary alicyclic amines) is 1. The van der Waals surface area contributed by atoms with Crippen molar-refractivity contribution in [2.75, 3.05) is 20.1 Å². The quantitative estimate of drug-likeness (QED) is 0.658. The van der Waals surface area contributed by atoms with E-state index < -0.39 is 0 Å². The zero-order valence-corrected chi connectivity index (χ0v) is 11.1. The van der Waals surface area contributed by atoms with Gasteiger partial charge in [-0.3, -0.25) is 0 Å². The topological polar surface area (TPSA) is 23.6 Å². The molecular formula is C12H26N2O. The number of carbonyl (C=O) groups is 1. The molecule has 1 fully saturated rings. The van der Waals surface area contributed by atoms with Gasteiger partial charge in [0.25, 0.3) is 0 Å². The highest BCUT2D eigenvalue weighted by Gasteiger charge is 2.26. The molecule has 1 atom stereocenters. The standard InChI is InChI=1S/C10H20N2O.C2H6/c1-8(2)11(4)10(13)12-6-5-9(3)7-12;1-2/h8-9H,5-7H2,1-4H3;1-2H3. The Balaban J connectivity index is 0.000000921. The van der Waals surface area contributed by atoms with Crippen LogP contribution in [0, 0.1) is 5.92 Å². The van der Waals surface area contributed by atoms with Gasteiger partial charge in [0.2, 0.25) is 0 Å². The van der Waals surface area contributed by atoms with Crippen molar-refractivity contribution in [3.63, 3.8) is 0 Å². The van der Waals surface area contributed by atoms with E-state index in [1.54, 1.807) is 4.90 Å². The zero-order chi connectivity index (χ0) is 12.0. The van der Waals surface area contributed by atoms with Crippen molar-refractivity contribution in [1.29, 1.82) is 0 Å². The summed E-state index contributed by atoms with van der Waals surface area (Å²) in [6.07, 6.45) is 1.15. The monoisotopic (exact) mass is 214 g/mol. The van der Waals surface area contributed by atoms with Gasteiger partial charge in [-0.15, -0.1) is 0 Å². The number of nitrogens with zero attached hydrogens (tertiary/aromatic N) is 2. The highest BCUT2D eigenvalue weighted by atomic mass is 16.2. The number of hydrogen-bond acceptors (Lipinski definition) is 1. The van der Waals surface area contributed by atoms with Gasteiger partial charge in [0.1, 0.15) is 0 Å². The van der Waals surface area contributed by atoms with Gasteiger partial charge in [-0.1, -0.05) is 20.8 Å². The van der Waals surface area contributed by atoms with E-state index in [1.807, 2.05) is 39.6 Å². The fraction of sp³-hybridized carbons (Fsp3) is 0.917. The van der Waals surface area contributed by atoms with Crippen molar-refractivity contribution in [3.05, 3.63) is 0 Å². The summed E-state index contributed by atoms with van der Waals surface area (Å²) in [5.41, 5.74) is 0. The molecule has 3 heteroatoms. The molecule has 1 aliphatic rings. The first-order valence-corrected chi connectivity index (χ1v) is 6.04. The average Bonchev–Trinajstić information content (AvgIpc) is 2.65. The van der Waals surface area contributed by atoms with Crippen LogP contribution in [0.1, 0.15) is 41.0 Å². The second-order valence-corrected chi connectivity index (χ2v) is 4.33. The van der Waals surface area contributed by atoms with Crippen LogP contribution in [0.3, 0.4) is 0 Å². The van der Waals surface area contributed by atoms with Gasteiger partial charge in [0.15, 0.2) is 0 Å². The number of carbonyl (C=O) groups excluding carboxylic acids is 1. The summed E-state index contributed by atoms with van der Waals surface area (Å²) >= 11 is 0. The number of urea groups is 1. The maximum Gasteiger partial charge on any atom is 0.319 e. The lowest BCUT2D eigenvalue weighted by Gasteiger charge is -2.27. The van der Waals surface area contributed by atoms with Crippen LogP contribution in [0.25, 0.3) is 0 Å². The maximum atomic E-state index is 11.8. The summed E-state index contributed by atoms with van der Waals surface area (Å²) in [4.78, 5) is 15.5. The first-order valence-electron chi connectivity index (χ1n) is 6.04. The second kappa shape index (κ2) is 6.70. The fourth-order valence-corrected chi connectivity index (χ4v) is 1.55. The van der Waals surface area contributed by atoms with Crippen LogP contribution in [0.2, 0.25) is 0 Å². The molecule has 1 rings (SSSR count). The van der Waals surface area contributed by atoms with Crippen LogP contribution < -0.4 is 0 Å². The summed E-state index contributed by atoms with van der Waals surface area (Å²) < 4.78 is 0. The summed E-state index contributed by atoms with van der Waals surface area (Å²) in [6.45, 7) is 12.1. The molecule has 0 radical (unpaired) electrons. The molecule has 1 heterocycles. The third-order valence-corrected chi connectivity index (χ3v) is 2.77. The Morgan fingerprint density at radius 1 is 1.40 bits per heavy atom. The Kier molecular flexibility index (Phi) is 6.37. The average molecular weight is 214 g/mol. The van der Waals surface area contributed by atoms with Crippen molar-refractivity contribution >= 4 is 6.03 Å². The first-order chi connectivity index (χ1) is 7.02. The van der Waals surface area contributed by atoms with Gasteiger partial charge >= 0.3 is 6.03 Å². The molecule has 0 spiro atoms. The molecule has 0 aromatic rings. The van der Waals surface area contributed by atoms with Crippen molar-refractivity contribution in [2.45, 2.75) is 47.1 Å². The Labute approximate surface area is 94.4 Å². The van der Waals surface area contributed by atoms with Crippen LogP contribution in [0.4, 0.5) is 4.79 Å². The van der Waals surface area contributed by atoms with E-state index >= 15 is 0 Å². The SMILES string of the molecule is CC.CC1CCN(C(=O)N(C)C(C)C)C1. The lowest BCUT2D eigenvalue weighted by atomic mass is 10.2. The normalized spacial score (nSPS) is 19.9. The van der Waals surface area contributed by atoms with E-state index in [4.69, 9.17) is 0 Å². The van der Waals surface area contributed by atoms with Crippen LogP contribution in [-0.4, -0.2) is 42.0 Å². The summed E-state index contributed by atoms with van der Waals surface area (Å²) in [7, 11) is 1.87. The molecule has 3 nitrogen and oxygen atoms in total. The predicted molar refractivity (Wildman–Crippen MR) is 65.0 cm³/mol. The summed E-state index contributed by atoms with van der Waals surface area (Å²) in [5, 5.41) is 0. The van der Waals surface area contributed by atoms with Crippen LogP contribution >= 0.6 is 0 Å². The Bertz CT molecular complexity index is 192. The minimum atomic E-state index is 0.180. The molecule has 0 aromatic carbocycles. The minimum absolute atomic E-state index is 0.180. The summed E-state index contributed by atoms with van der Waals surface area (Å²) in [6, 6.07) is 0.475. The fourth-order valence-electron chi connectivity index (χ4n) is 1.55. The van der Waals surface area contributed by atoms with Gasteiger partial charge in [-0.2, -0.15) is 0 Å². The van der Waals surface area contributed by atoms with E-state index in [2.05, 4.69) is 6.92 Å². The van der Waals surface area contributed by atoms with Crippen LogP contribution in [-0.2, 0) is 0 Å². The molecule has 15 heavy (non-hydrogen) atoms. The van der Waals surface area contributed by atoms with E-state index in [0.717, 1.165) is 19.5 Å². The third kappa shape index (κ3) is 4.10. The molecule has 2 amide bonds. The van der Waals surface area contributed by atoms with Crippen LogP contribution in [0.15, 0.2) is 0 Å². The Morgan fingerprint density at radius 3 is 2.27 bits per heavy atom. The van der Waals surface area contributed by atoms with Crippen molar-refractivity contribution in [1.82, 2.24) is 9.80 Å². The van der Waals surface area contributed by atoms with Gasteiger partial charge in [-0.05, 0) is 26.2 Å². The van der Waals surface area contributed by atoms with Crippen molar-refractivity contribution in [3.8, 4) is 0 Å². The lowest BCUT2D eigenvalue weighted by Crippen LogP contribution is -2.43. The number of amides is 2. The molecule has 1 unspecified atom stereocenters. The maximum absolute atomic E-state index is 11.8. The highest BCUT2D eigenvalue weighted by molar-refractivity contribution is 5.74. The number of hydrogen-bond donors (Lipinski definition) is 0. The van der Waals surface area contributed by atoms with E-state index in [1.165, 1.54) is 0 Å². The van der Waals surface area contributed by atoms with Crippen molar-refractivity contribution < 1.29 is 4.79 Å². The van der Waals surface area contributed by atoms with Gasteiger partial charge < -0.3 is 9.80 Å². The molecule has 0 bridgehead atoms. The van der Waals surface area contributed by atoms with E-state index in [0.29, 0.717) is 12.0 Å². The molecule has 0 saturated carbocycles. The molecule has 90 valence electrons. The van der Waals surface area contributed by atoms with Crippen molar-refractivity contribution in [2.24, 2.45) is 5.92 Å². The van der Waals surface area contributed by atoms with Crippen LogP contribution in [0.5, 0.6) is 0 Å². The zero-order valence-electron chi connectivity index (χ0n) is 11.1. The highest BCUT2D eigenvalue weighted by Crippen LogP contribution is 2.16. The summed E-state index contributed by atoms with van der Waals surface area (Å²) in [5.74, 6) is 0.671.